The number of hydrogen-bond donors (Lipinski definition) is 2. The zero-order valence-electron chi connectivity index (χ0n) is 9.60. The Bertz CT molecular complexity index is 371. The van der Waals surface area contributed by atoms with Gasteiger partial charge in [-0.1, -0.05) is 12.1 Å². The minimum absolute atomic E-state index is 0.0781. The number of ketones is 2. The van der Waals surface area contributed by atoms with E-state index in [0.717, 1.165) is 7.11 Å². The van der Waals surface area contributed by atoms with Crippen molar-refractivity contribution in [3.05, 3.63) is 29.8 Å². The molecule has 1 unspecified atom stereocenters. The van der Waals surface area contributed by atoms with Crippen molar-refractivity contribution < 1.29 is 19.8 Å². The summed E-state index contributed by atoms with van der Waals surface area (Å²) < 4.78 is 0. The molecule has 88 valence electrons. The number of carbonyl (C=O) groups is 2. The molecule has 1 aromatic carbocycles. The van der Waals surface area contributed by atoms with Gasteiger partial charge in [-0.05, 0) is 26.0 Å². The molecule has 0 saturated carbocycles. The Morgan fingerprint density at radius 1 is 1.19 bits per heavy atom. The predicted molar refractivity (Wildman–Crippen MR) is 60.4 cm³/mol. The number of phenolic OH excluding ortho intramolecular Hbond substituents is 1. The van der Waals surface area contributed by atoms with Gasteiger partial charge >= 0.3 is 0 Å². The van der Waals surface area contributed by atoms with Gasteiger partial charge in [0.15, 0.2) is 5.78 Å². The van der Waals surface area contributed by atoms with E-state index in [2.05, 4.69) is 0 Å². The molecule has 4 heteroatoms. The highest BCUT2D eigenvalue weighted by Gasteiger charge is 2.21. The summed E-state index contributed by atoms with van der Waals surface area (Å²) in [4.78, 5) is 22.6. The van der Waals surface area contributed by atoms with Crippen LogP contribution in [0.25, 0.3) is 0 Å². The fraction of sp³-hybridized carbons (Fsp3) is 0.333. The van der Waals surface area contributed by atoms with Gasteiger partial charge in [0.25, 0.3) is 0 Å². The number of para-hydroxylation sites is 1. The lowest BCUT2D eigenvalue weighted by Gasteiger charge is -2.07. The van der Waals surface area contributed by atoms with Crippen molar-refractivity contribution in [2.45, 2.75) is 13.8 Å². The molecule has 16 heavy (non-hydrogen) atoms. The lowest BCUT2D eigenvalue weighted by Crippen LogP contribution is -2.18. The van der Waals surface area contributed by atoms with Crippen molar-refractivity contribution in [3.63, 3.8) is 0 Å². The molecular formula is C12H16O4. The second kappa shape index (κ2) is 6.74. The number of aliphatic hydroxyl groups is 1. The van der Waals surface area contributed by atoms with Gasteiger partial charge in [0.2, 0.25) is 0 Å². The van der Waals surface area contributed by atoms with Crippen LogP contribution in [0.3, 0.4) is 0 Å². The third-order valence-electron chi connectivity index (χ3n) is 2.17. The van der Waals surface area contributed by atoms with Gasteiger partial charge in [-0.3, -0.25) is 9.59 Å². The van der Waals surface area contributed by atoms with Gasteiger partial charge in [-0.25, -0.2) is 0 Å². The highest BCUT2D eigenvalue weighted by Crippen LogP contribution is 2.19. The molecule has 0 saturated heterocycles. The lowest BCUT2D eigenvalue weighted by molar-refractivity contribution is -0.118. The summed E-state index contributed by atoms with van der Waals surface area (Å²) in [5.74, 6) is -1.30. The monoisotopic (exact) mass is 224 g/mol. The van der Waals surface area contributed by atoms with Crippen LogP contribution in [0.2, 0.25) is 0 Å². The second-order valence-electron chi connectivity index (χ2n) is 3.21. The van der Waals surface area contributed by atoms with Gasteiger partial charge in [0.05, 0.1) is 11.5 Å². The standard InChI is InChI=1S/C11H12O3.CH4O/c1-7(8(2)12)11(14)9-5-3-4-6-10(9)13;1-2/h3-7,13H,1-2H3;2H,1H3. The van der Waals surface area contributed by atoms with Gasteiger partial charge in [0.1, 0.15) is 11.5 Å². The third-order valence-corrected chi connectivity index (χ3v) is 2.17. The summed E-state index contributed by atoms with van der Waals surface area (Å²) in [5.41, 5.74) is 0.204. The Kier molecular flexibility index (Phi) is 6.03. The molecule has 0 bridgehead atoms. The first-order valence-corrected chi connectivity index (χ1v) is 4.81. The molecule has 0 radical (unpaired) electrons. The number of phenols is 1. The smallest absolute Gasteiger partial charge is 0.176 e. The van der Waals surface area contributed by atoms with Crippen molar-refractivity contribution >= 4 is 11.6 Å². The fourth-order valence-electron chi connectivity index (χ4n) is 1.10. The van der Waals surface area contributed by atoms with Gasteiger partial charge in [0, 0.05) is 7.11 Å². The van der Waals surface area contributed by atoms with Crippen molar-refractivity contribution in [2.75, 3.05) is 7.11 Å². The van der Waals surface area contributed by atoms with Crippen LogP contribution in [-0.4, -0.2) is 28.9 Å². The van der Waals surface area contributed by atoms with E-state index in [1.54, 1.807) is 12.1 Å². The molecule has 0 amide bonds. The highest BCUT2D eigenvalue weighted by atomic mass is 16.3. The van der Waals surface area contributed by atoms with Crippen molar-refractivity contribution in [1.82, 2.24) is 0 Å². The maximum absolute atomic E-state index is 11.6. The lowest BCUT2D eigenvalue weighted by atomic mass is 9.96. The second-order valence-corrected chi connectivity index (χ2v) is 3.21. The van der Waals surface area contributed by atoms with Gasteiger partial charge in [-0.2, -0.15) is 0 Å². The molecule has 0 aromatic heterocycles. The molecule has 0 aliphatic carbocycles. The normalized spacial score (nSPS) is 11.0. The molecule has 2 N–H and O–H groups in total. The maximum atomic E-state index is 11.6. The van der Waals surface area contributed by atoms with E-state index in [1.165, 1.54) is 26.0 Å². The molecule has 1 rings (SSSR count). The highest BCUT2D eigenvalue weighted by molar-refractivity contribution is 6.10. The Hall–Kier alpha value is -1.68. The Morgan fingerprint density at radius 3 is 2.12 bits per heavy atom. The van der Waals surface area contributed by atoms with E-state index in [4.69, 9.17) is 5.11 Å². The summed E-state index contributed by atoms with van der Waals surface area (Å²) in [6.07, 6.45) is 0. The average Bonchev–Trinajstić information content (AvgIpc) is 2.30. The summed E-state index contributed by atoms with van der Waals surface area (Å²) in [6, 6.07) is 6.22. The number of aromatic hydroxyl groups is 1. The number of carbonyl (C=O) groups excluding carboxylic acids is 2. The fourth-order valence-corrected chi connectivity index (χ4v) is 1.10. The van der Waals surface area contributed by atoms with Crippen LogP contribution in [-0.2, 0) is 4.79 Å². The first kappa shape index (κ1) is 14.3. The number of rotatable bonds is 3. The molecule has 0 fully saturated rings. The molecule has 1 atom stereocenters. The van der Waals surface area contributed by atoms with Crippen LogP contribution in [0.1, 0.15) is 24.2 Å². The van der Waals surface area contributed by atoms with Gasteiger partial charge < -0.3 is 10.2 Å². The summed E-state index contributed by atoms with van der Waals surface area (Å²) in [5, 5.41) is 16.4. The molecule has 0 spiro atoms. The number of Topliss-reactive ketones (excluding diaryl/α,β-unsaturated/α-hetero) is 2. The van der Waals surface area contributed by atoms with Crippen LogP contribution in [0, 0.1) is 5.92 Å². The van der Waals surface area contributed by atoms with Crippen molar-refractivity contribution in [1.29, 1.82) is 0 Å². The Labute approximate surface area is 94.5 Å². The van der Waals surface area contributed by atoms with E-state index in [0.29, 0.717) is 0 Å². The van der Waals surface area contributed by atoms with Crippen LogP contribution in [0.4, 0.5) is 0 Å². The summed E-state index contributed by atoms with van der Waals surface area (Å²) in [7, 11) is 1.00. The molecule has 0 heterocycles. The van der Waals surface area contributed by atoms with Crippen LogP contribution in [0.5, 0.6) is 5.75 Å². The Morgan fingerprint density at radius 2 is 1.69 bits per heavy atom. The van der Waals surface area contributed by atoms with E-state index in [9.17, 15) is 14.7 Å². The number of hydrogen-bond acceptors (Lipinski definition) is 4. The minimum Gasteiger partial charge on any atom is -0.507 e. The van der Waals surface area contributed by atoms with Crippen molar-refractivity contribution in [2.24, 2.45) is 5.92 Å². The molecule has 0 aliphatic heterocycles. The predicted octanol–water partition coefficient (Wildman–Crippen LogP) is 1.41. The maximum Gasteiger partial charge on any atom is 0.176 e. The topological polar surface area (TPSA) is 74.6 Å². The first-order valence-electron chi connectivity index (χ1n) is 4.81. The van der Waals surface area contributed by atoms with Gasteiger partial charge in [-0.15, -0.1) is 0 Å². The van der Waals surface area contributed by atoms with E-state index in [1.807, 2.05) is 0 Å². The van der Waals surface area contributed by atoms with Crippen LogP contribution >= 0.6 is 0 Å². The minimum atomic E-state index is -0.691. The summed E-state index contributed by atoms with van der Waals surface area (Å²) >= 11 is 0. The van der Waals surface area contributed by atoms with E-state index >= 15 is 0 Å². The summed E-state index contributed by atoms with van der Waals surface area (Å²) in [6.45, 7) is 2.90. The number of aliphatic hydroxyl groups excluding tert-OH is 1. The zero-order valence-corrected chi connectivity index (χ0v) is 9.60. The molecule has 4 nitrogen and oxygen atoms in total. The van der Waals surface area contributed by atoms with Crippen molar-refractivity contribution in [3.8, 4) is 5.75 Å². The quantitative estimate of drug-likeness (QED) is 0.601. The van der Waals surface area contributed by atoms with Crippen LogP contribution < -0.4 is 0 Å². The average molecular weight is 224 g/mol. The largest absolute Gasteiger partial charge is 0.507 e. The Balaban J connectivity index is 0.00000106. The SMILES string of the molecule is CC(=O)C(C)C(=O)c1ccccc1O.CO. The van der Waals surface area contributed by atoms with E-state index < -0.39 is 5.92 Å². The molecule has 0 aliphatic rings. The first-order chi connectivity index (χ1) is 7.54. The molecular weight excluding hydrogens is 208 g/mol. The van der Waals surface area contributed by atoms with Crippen LogP contribution in [0.15, 0.2) is 24.3 Å². The number of benzene rings is 1. The van der Waals surface area contributed by atoms with E-state index in [-0.39, 0.29) is 22.9 Å². The third kappa shape index (κ3) is 3.47. The zero-order chi connectivity index (χ0) is 12.7. The molecule has 1 aromatic rings.